The summed E-state index contributed by atoms with van der Waals surface area (Å²) in [6.07, 6.45) is 2.46. The summed E-state index contributed by atoms with van der Waals surface area (Å²) < 4.78 is 28.7. The molecular weight excluding hydrogens is 258 g/mol. The molecule has 0 amide bonds. The Labute approximate surface area is 119 Å². The normalized spacial score (nSPS) is 28.6. The first kappa shape index (κ1) is 14.0. The van der Waals surface area contributed by atoms with Crippen molar-refractivity contribution in [3.8, 4) is 0 Å². The summed E-state index contributed by atoms with van der Waals surface area (Å²) in [6.45, 7) is 4.22. The standard InChI is InChI=1S/C16H22F2N2/c1-15(13-7-8-13)11-20(10-9-19-15)12-16(17,18)14-5-3-2-4-6-14/h2-6,13,19H,7-12H2,1H3. The third-order valence-corrected chi connectivity index (χ3v) is 4.61. The third kappa shape index (κ3) is 2.86. The Balaban J connectivity index is 1.67. The van der Waals surface area contributed by atoms with Crippen LogP contribution in [0.25, 0.3) is 0 Å². The summed E-state index contributed by atoms with van der Waals surface area (Å²) in [5.41, 5.74) is 0.136. The van der Waals surface area contributed by atoms with Crippen LogP contribution in [0.15, 0.2) is 30.3 Å². The molecule has 1 atom stereocenters. The number of nitrogens with zero attached hydrogens (tertiary/aromatic N) is 1. The van der Waals surface area contributed by atoms with Crippen LogP contribution < -0.4 is 5.32 Å². The molecule has 20 heavy (non-hydrogen) atoms. The molecular formula is C16H22F2N2. The maximum atomic E-state index is 14.3. The fraction of sp³-hybridized carbons (Fsp3) is 0.625. The van der Waals surface area contributed by atoms with Gasteiger partial charge in [0.2, 0.25) is 0 Å². The minimum atomic E-state index is -2.77. The molecule has 3 rings (SSSR count). The third-order valence-electron chi connectivity index (χ3n) is 4.61. The molecule has 1 aliphatic carbocycles. The number of rotatable bonds is 4. The first-order valence-electron chi connectivity index (χ1n) is 7.40. The summed E-state index contributed by atoms with van der Waals surface area (Å²) in [5, 5.41) is 3.53. The molecule has 0 radical (unpaired) electrons. The Bertz CT molecular complexity index is 459. The Morgan fingerprint density at radius 1 is 1.30 bits per heavy atom. The lowest BCUT2D eigenvalue weighted by atomic mass is 9.92. The van der Waals surface area contributed by atoms with Crippen LogP contribution in [-0.4, -0.2) is 36.6 Å². The van der Waals surface area contributed by atoms with E-state index in [2.05, 4.69) is 12.2 Å². The molecule has 4 heteroatoms. The minimum absolute atomic E-state index is 0.0189. The average molecular weight is 280 g/mol. The SMILES string of the molecule is CC1(C2CC2)CN(CC(F)(F)c2ccccc2)CCN1. The van der Waals surface area contributed by atoms with Crippen LogP contribution in [0.2, 0.25) is 0 Å². The van der Waals surface area contributed by atoms with Gasteiger partial charge in [-0.05, 0) is 25.7 Å². The van der Waals surface area contributed by atoms with Gasteiger partial charge in [-0.1, -0.05) is 30.3 Å². The molecule has 0 aromatic heterocycles. The maximum Gasteiger partial charge on any atom is 0.285 e. The fourth-order valence-electron chi connectivity index (χ4n) is 3.28. The number of nitrogens with one attached hydrogen (secondary N) is 1. The molecule has 2 aliphatic rings. The number of hydrogen-bond donors (Lipinski definition) is 1. The predicted octanol–water partition coefficient (Wildman–Crippen LogP) is 2.85. The average Bonchev–Trinajstić information content (AvgIpc) is 3.24. The smallest absolute Gasteiger partial charge is 0.285 e. The number of piperazine rings is 1. The maximum absolute atomic E-state index is 14.3. The van der Waals surface area contributed by atoms with Gasteiger partial charge in [0.15, 0.2) is 0 Å². The second kappa shape index (κ2) is 5.08. The lowest BCUT2D eigenvalue weighted by Gasteiger charge is -2.43. The van der Waals surface area contributed by atoms with Crippen molar-refractivity contribution in [2.75, 3.05) is 26.2 Å². The van der Waals surface area contributed by atoms with Crippen molar-refractivity contribution in [3.05, 3.63) is 35.9 Å². The second-order valence-electron chi connectivity index (χ2n) is 6.40. The highest BCUT2D eigenvalue weighted by atomic mass is 19.3. The van der Waals surface area contributed by atoms with E-state index in [1.807, 2.05) is 4.90 Å². The number of halogens is 2. The van der Waals surface area contributed by atoms with E-state index in [0.29, 0.717) is 12.5 Å². The molecule has 1 aromatic carbocycles. The van der Waals surface area contributed by atoms with Gasteiger partial charge in [-0.3, -0.25) is 4.90 Å². The molecule has 1 saturated carbocycles. The second-order valence-corrected chi connectivity index (χ2v) is 6.40. The minimum Gasteiger partial charge on any atom is -0.309 e. The fourth-order valence-corrected chi connectivity index (χ4v) is 3.28. The molecule has 2 nitrogen and oxygen atoms in total. The van der Waals surface area contributed by atoms with Gasteiger partial charge in [0.05, 0.1) is 6.54 Å². The van der Waals surface area contributed by atoms with Gasteiger partial charge in [0.25, 0.3) is 5.92 Å². The van der Waals surface area contributed by atoms with Crippen molar-refractivity contribution < 1.29 is 8.78 Å². The van der Waals surface area contributed by atoms with Crippen LogP contribution in [0.4, 0.5) is 8.78 Å². The zero-order chi connectivity index (χ0) is 14.2. The molecule has 1 heterocycles. The highest BCUT2D eigenvalue weighted by molar-refractivity contribution is 5.20. The first-order chi connectivity index (χ1) is 9.50. The van der Waals surface area contributed by atoms with Crippen molar-refractivity contribution in [2.24, 2.45) is 5.92 Å². The van der Waals surface area contributed by atoms with Gasteiger partial charge in [-0.15, -0.1) is 0 Å². The summed E-state index contributed by atoms with van der Waals surface area (Å²) in [4.78, 5) is 1.92. The van der Waals surface area contributed by atoms with Crippen LogP contribution in [-0.2, 0) is 5.92 Å². The zero-order valence-electron chi connectivity index (χ0n) is 11.9. The summed E-state index contributed by atoms with van der Waals surface area (Å²) >= 11 is 0. The van der Waals surface area contributed by atoms with Crippen LogP contribution in [0.5, 0.6) is 0 Å². The van der Waals surface area contributed by atoms with Crippen molar-refractivity contribution in [1.82, 2.24) is 10.2 Å². The number of alkyl halides is 2. The lowest BCUT2D eigenvalue weighted by molar-refractivity contribution is -0.0499. The van der Waals surface area contributed by atoms with Gasteiger partial charge >= 0.3 is 0 Å². The van der Waals surface area contributed by atoms with E-state index in [9.17, 15) is 8.78 Å². The Kier molecular flexibility index (Phi) is 3.55. The summed E-state index contributed by atoms with van der Waals surface area (Å²) in [7, 11) is 0. The van der Waals surface area contributed by atoms with Gasteiger partial charge < -0.3 is 5.32 Å². The topological polar surface area (TPSA) is 15.3 Å². The molecule has 0 bridgehead atoms. The van der Waals surface area contributed by atoms with Crippen LogP contribution >= 0.6 is 0 Å². The van der Waals surface area contributed by atoms with Gasteiger partial charge in [-0.2, -0.15) is 8.78 Å². The molecule has 1 aromatic rings. The Morgan fingerprint density at radius 2 is 2.00 bits per heavy atom. The largest absolute Gasteiger partial charge is 0.309 e. The van der Waals surface area contributed by atoms with Crippen molar-refractivity contribution in [2.45, 2.75) is 31.2 Å². The zero-order valence-corrected chi connectivity index (χ0v) is 11.9. The molecule has 0 spiro atoms. The van der Waals surface area contributed by atoms with E-state index in [4.69, 9.17) is 0 Å². The quantitative estimate of drug-likeness (QED) is 0.912. The van der Waals surface area contributed by atoms with E-state index in [0.717, 1.165) is 13.1 Å². The summed E-state index contributed by atoms with van der Waals surface area (Å²) in [5.74, 6) is -2.11. The molecule has 1 aliphatic heterocycles. The van der Waals surface area contributed by atoms with Crippen LogP contribution in [0, 0.1) is 5.92 Å². The van der Waals surface area contributed by atoms with Crippen LogP contribution in [0.1, 0.15) is 25.3 Å². The van der Waals surface area contributed by atoms with Crippen molar-refractivity contribution in [1.29, 1.82) is 0 Å². The van der Waals surface area contributed by atoms with E-state index < -0.39 is 5.92 Å². The number of hydrogen-bond acceptors (Lipinski definition) is 2. The van der Waals surface area contributed by atoms with Crippen molar-refractivity contribution >= 4 is 0 Å². The molecule has 1 unspecified atom stereocenters. The van der Waals surface area contributed by atoms with Crippen LogP contribution in [0.3, 0.4) is 0 Å². The first-order valence-corrected chi connectivity index (χ1v) is 7.40. The summed E-state index contributed by atoms with van der Waals surface area (Å²) in [6, 6.07) is 8.16. The van der Waals surface area contributed by atoms with E-state index >= 15 is 0 Å². The predicted molar refractivity (Wildman–Crippen MR) is 75.9 cm³/mol. The molecule has 1 N–H and O–H groups in total. The number of benzene rings is 1. The van der Waals surface area contributed by atoms with E-state index in [1.165, 1.54) is 25.0 Å². The highest BCUT2D eigenvalue weighted by Gasteiger charge is 2.45. The van der Waals surface area contributed by atoms with Gasteiger partial charge in [0.1, 0.15) is 0 Å². The molecule has 2 fully saturated rings. The monoisotopic (exact) mass is 280 g/mol. The highest BCUT2D eigenvalue weighted by Crippen LogP contribution is 2.41. The van der Waals surface area contributed by atoms with Gasteiger partial charge in [0, 0.05) is 30.7 Å². The lowest BCUT2D eigenvalue weighted by Crippen LogP contribution is -2.61. The van der Waals surface area contributed by atoms with Gasteiger partial charge in [-0.25, -0.2) is 0 Å². The van der Waals surface area contributed by atoms with E-state index in [1.54, 1.807) is 18.2 Å². The van der Waals surface area contributed by atoms with E-state index in [-0.39, 0.29) is 17.6 Å². The Hall–Kier alpha value is -1.00. The molecule has 110 valence electrons. The van der Waals surface area contributed by atoms with Crippen molar-refractivity contribution in [3.63, 3.8) is 0 Å². The Morgan fingerprint density at radius 3 is 2.65 bits per heavy atom. The molecule has 1 saturated heterocycles.